The van der Waals surface area contributed by atoms with Gasteiger partial charge in [0, 0.05) is 5.39 Å². The maximum Gasteiger partial charge on any atom is 0.276 e. The number of para-hydroxylation sites is 1. The zero-order valence-corrected chi connectivity index (χ0v) is 14.4. The van der Waals surface area contributed by atoms with Crippen LogP contribution in [0.15, 0.2) is 66.7 Å². The van der Waals surface area contributed by atoms with Gasteiger partial charge < -0.3 is 0 Å². The maximum atomic E-state index is 12.5. The number of rotatable bonds is 3. The van der Waals surface area contributed by atoms with Crippen molar-refractivity contribution < 1.29 is 4.79 Å². The highest BCUT2D eigenvalue weighted by atomic mass is 32.1. The van der Waals surface area contributed by atoms with Crippen LogP contribution >= 0.6 is 11.3 Å². The van der Waals surface area contributed by atoms with E-state index in [1.165, 1.54) is 11.3 Å². The van der Waals surface area contributed by atoms with Gasteiger partial charge >= 0.3 is 0 Å². The third-order valence-electron chi connectivity index (χ3n) is 3.88. The highest BCUT2D eigenvalue weighted by Crippen LogP contribution is 2.32. The standard InChI is InChI=1S/C20H15N3OS/c1-13-18(15-8-3-2-4-9-15)25-20(21-13)23-19(24)17-12-11-14-7-5-6-10-16(14)22-17/h2-12H,1H3,(H,21,23,24). The zero-order valence-electron chi connectivity index (χ0n) is 13.6. The van der Waals surface area contributed by atoms with Crippen molar-refractivity contribution in [2.24, 2.45) is 0 Å². The van der Waals surface area contributed by atoms with E-state index in [1.807, 2.05) is 67.6 Å². The second kappa shape index (κ2) is 6.45. The summed E-state index contributed by atoms with van der Waals surface area (Å²) in [5.41, 5.74) is 3.18. The van der Waals surface area contributed by atoms with E-state index in [9.17, 15) is 4.79 Å². The number of carbonyl (C=O) groups excluding carboxylic acids is 1. The molecule has 2 aromatic heterocycles. The Hall–Kier alpha value is -3.05. The molecule has 0 saturated carbocycles. The summed E-state index contributed by atoms with van der Waals surface area (Å²) in [6, 6.07) is 21.4. The molecule has 0 fully saturated rings. The van der Waals surface area contributed by atoms with Crippen LogP contribution in [0.25, 0.3) is 21.3 Å². The molecule has 0 bridgehead atoms. The normalized spacial score (nSPS) is 10.8. The number of aromatic nitrogens is 2. The molecule has 0 unspecified atom stereocenters. The molecule has 5 heteroatoms. The van der Waals surface area contributed by atoms with Gasteiger partial charge in [0.2, 0.25) is 0 Å². The molecule has 2 aromatic carbocycles. The fraction of sp³-hybridized carbons (Fsp3) is 0.0500. The molecule has 0 aliphatic rings. The predicted molar refractivity (Wildman–Crippen MR) is 102 cm³/mol. The van der Waals surface area contributed by atoms with Crippen molar-refractivity contribution in [1.29, 1.82) is 0 Å². The Morgan fingerprint density at radius 3 is 2.52 bits per heavy atom. The SMILES string of the molecule is Cc1nc(NC(=O)c2ccc3ccccc3n2)sc1-c1ccccc1. The number of benzene rings is 2. The number of nitrogens with zero attached hydrogens (tertiary/aromatic N) is 2. The monoisotopic (exact) mass is 345 g/mol. The van der Waals surface area contributed by atoms with Gasteiger partial charge in [-0.15, -0.1) is 0 Å². The van der Waals surface area contributed by atoms with E-state index >= 15 is 0 Å². The molecule has 4 rings (SSSR count). The van der Waals surface area contributed by atoms with Crippen LogP contribution in [0.3, 0.4) is 0 Å². The van der Waals surface area contributed by atoms with Crippen molar-refractivity contribution in [3.63, 3.8) is 0 Å². The van der Waals surface area contributed by atoms with Crippen LogP contribution in [0.2, 0.25) is 0 Å². The number of aryl methyl sites for hydroxylation is 1. The fourth-order valence-corrected chi connectivity index (χ4v) is 3.63. The molecule has 1 N–H and O–H groups in total. The molecule has 4 nitrogen and oxygen atoms in total. The third-order valence-corrected chi connectivity index (χ3v) is 5.01. The summed E-state index contributed by atoms with van der Waals surface area (Å²) in [7, 11) is 0. The largest absolute Gasteiger partial charge is 0.296 e. The zero-order chi connectivity index (χ0) is 17.2. The molecule has 0 aliphatic carbocycles. The lowest BCUT2D eigenvalue weighted by molar-refractivity contribution is 0.102. The summed E-state index contributed by atoms with van der Waals surface area (Å²) in [5.74, 6) is -0.251. The first-order valence-corrected chi connectivity index (χ1v) is 8.72. The number of thiazole rings is 1. The van der Waals surface area contributed by atoms with E-state index in [4.69, 9.17) is 0 Å². The first-order valence-electron chi connectivity index (χ1n) is 7.91. The van der Waals surface area contributed by atoms with Gasteiger partial charge in [-0.05, 0) is 24.6 Å². The molecule has 1 amide bonds. The van der Waals surface area contributed by atoms with E-state index < -0.39 is 0 Å². The van der Waals surface area contributed by atoms with Crippen LogP contribution in [-0.2, 0) is 0 Å². The van der Waals surface area contributed by atoms with Crippen LogP contribution < -0.4 is 5.32 Å². The van der Waals surface area contributed by atoms with Crippen molar-refractivity contribution in [1.82, 2.24) is 9.97 Å². The predicted octanol–water partition coefficient (Wildman–Crippen LogP) is 4.92. The van der Waals surface area contributed by atoms with Gasteiger partial charge in [0.05, 0.1) is 16.1 Å². The first kappa shape index (κ1) is 15.5. The summed E-state index contributed by atoms with van der Waals surface area (Å²) in [6.45, 7) is 1.95. The molecule has 2 heterocycles. The lowest BCUT2D eigenvalue weighted by Crippen LogP contribution is -2.13. The molecular weight excluding hydrogens is 330 g/mol. The van der Waals surface area contributed by atoms with Crippen LogP contribution in [0, 0.1) is 6.92 Å². The maximum absolute atomic E-state index is 12.5. The molecule has 0 aliphatic heterocycles. The lowest BCUT2D eigenvalue weighted by atomic mass is 10.2. The number of hydrogen-bond donors (Lipinski definition) is 1. The highest BCUT2D eigenvalue weighted by molar-refractivity contribution is 7.19. The third kappa shape index (κ3) is 3.14. The second-order valence-corrected chi connectivity index (χ2v) is 6.64. The second-order valence-electron chi connectivity index (χ2n) is 5.64. The smallest absolute Gasteiger partial charge is 0.276 e. The molecule has 122 valence electrons. The number of amides is 1. The van der Waals surface area contributed by atoms with Gasteiger partial charge in [0.25, 0.3) is 5.91 Å². The van der Waals surface area contributed by atoms with Crippen molar-refractivity contribution in [2.75, 3.05) is 5.32 Å². The molecule has 0 spiro atoms. The van der Waals surface area contributed by atoms with Crippen LogP contribution in [-0.4, -0.2) is 15.9 Å². The summed E-state index contributed by atoms with van der Waals surface area (Å²) in [4.78, 5) is 22.5. The van der Waals surface area contributed by atoms with Crippen molar-refractivity contribution in [3.8, 4) is 10.4 Å². The van der Waals surface area contributed by atoms with Crippen molar-refractivity contribution in [2.45, 2.75) is 6.92 Å². The molecule has 0 radical (unpaired) electrons. The molecule has 25 heavy (non-hydrogen) atoms. The van der Waals surface area contributed by atoms with Crippen molar-refractivity contribution >= 4 is 33.3 Å². The van der Waals surface area contributed by atoms with Gasteiger partial charge in [-0.1, -0.05) is 65.9 Å². The summed E-state index contributed by atoms with van der Waals surface area (Å²) in [6.07, 6.45) is 0. The van der Waals surface area contributed by atoms with E-state index in [1.54, 1.807) is 6.07 Å². The Labute approximate surface area is 149 Å². The van der Waals surface area contributed by atoms with Crippen LogP contribution in [0.5, 0.6) is 0 Å². The van der Waals surface area contributed by atoms with E-state index in [2.05, 4.69) is 15.3 Å². The Balaban J connectivity index is 1.60. The Morgan fingerprint density at radius 2 is 1.68 bits per heavy atom. The van der Waals surface area contributed by atoms with Gasteiger partial charge in [-0.25, -0.2) is 9.97 Å². The van der Waals surface area contributed by atoms with E-state index in [-0.39, 0.29) is 5.91 Å². The van der Waals surface area contributed by atoms with Gasteiger partial charge in [-0.2, -0.15) is 0 Å². The Bertz CT molecular complexity index is 1060. The molecule has 4 aromatic rings. The Kier molecular flexibility index (Phi) is 3.99. The van der Waals surface area contributed by atoms with Crippen molar-refractivity contribution in [3.05, 3.63) is 78.1 Å². The number of fused-ring (bicyclic) bond motifs is 1. The molecule has 0 saturated heterocycles. The molecular formula is C20H15N3OS. The minimum absolute atomic E-state index is 0.251. The lowest BCUT2D eigenvalue weighted by Gasteiger charge is -2.02. The number of nitrogens with one attached hydrogen (secondary N) is 1. The number of anilines is 1. The summed E-state index contributed by atoms with van der Waals surface area (Å²) < 4.78 is 0. The number of hydrogen-bond acceptors (Lipinski definition) is 4. The van der Waals surface area contributed by atoms with Gasteiger partial charge in [-0.3, -0.25) is 10.1 Å². The average molecular weight is 345 g/mol. The van der Waals surface area contributed by atoms with Gasteiger partial charge in [0.15, 0.2) is 5.13 Å². The number of pyridine rings is 1. The first-order chi connectivity index (χ1) is 12.2. The van der Waals surface area contributed by atoms with Crippen LogP contribution in [0.1, 0.15) is 16.2 Å². The fourth-order valence-electron chi connectivity index (χ4n) is 2.66. The van der Waals surface area contributed by atoms with E-state index in [0.29, 0.717) is 10.8 Å². The van der Waals surface area contributed by atoms with Crippen LogP contribution in [0.4, 0.5) is 5.13 Å². The van der Waals surface area contributed by atoms with Gasteiger partial charge in [0.1, 0.15) is 5.69 Å². The van der Waals surface area contributed by atoms with E-state index in [0.717, 1.165) is 27.0 Å². The minimum Gasteiger partial charge on any atom is -0.296 e. The minimum atomic E-state index is -0.251. The summed E-state index contributed by atoms with van der Waals surface area (Å²) >= 11 is 1.47. The number of carbonyl (C=O) groups is 1. The highest BCUT2D eigenvalue weighted by Gasteiger charge is 2.14. The average Bonchev–Trinajstić information content (AvgIpc) is 3.02. The Morgan fingerprint density at radius 1 is 0.920 bits per heavy atom. The quantitative estimate of drug-likeness (QED) is 0.573. The molecule has 0 atom stereocenters. The summed E-state index contributed by atoms with van der Waals surface area (Å²) in [5, 5.41) is 4.45. The topological polar surface area (TPSA) is 54.9 Å².